The van der Waals surface area contributed by atoms with Crippen molar-refractivity contribution in [2.45, 2.75) is 63.2 Å². The first-order valence-electron chi connectivity index (χ1n) is 27.2. The van der Waals surface area contributed by atoms with Gasteiger partial charge in [-0.3, -0.25) is 28.5 Å². The first-order valence-corrected chi connectivity index (χ1v) is 30.5. The van der Waals surface area contributed by atoms with Crippen LogP contribution in [0.5, 0.6) is 5.75 Å². The highest BCUT2D eigenvalue weighted by Gasteiger charge is 2.28. The Hall–Kier alpha value is -6.73. The minimum absolute atomic E-state index is 0.00353. The highest BCUT2D eigenvalue weighted by Crippen LogP contribution is 2.43. The summed E-state index contributed by atoms with van der Waals surface area (Å²) in [7, 11) is -7.65. The minimum atomic E-state index is -4.96. The van der Waals surface area contributed by atoms with Gasteiger partial charge in [0, 0.05) is 107 Å². The van der Waals surface area contributed by atoms with Gasteiger partial charge in [-0.2, -0.15) is 8.42 Å². The fourth-order valence-electron chi connectivity index (χ4n) is 9.38. The highest BCUT2D eigenvalue weighted by molar-refractivity contribution is 7.89. The summed E-state index contributed by atoms with van der Waals surface area (Å²) in [6.45, 7) is 12.3. The van der Waals surface area contributed by atoms with E-state index in [1.807, 2.05) is 58.0 Å². The number of amides is 2. The number of methoxy groups -OCH3 is 1. The molecule has 2 heterocycles. The average molecular weight is 1190 g/mol. The van der Waals surface area contributed by atoms with Gasteiger partial charge in [-0.15, -0.1) is 0 Å². The van der Waals surface area contributed by atoms with E-state index in [2.05, 4.69) is 25.2 Å². The minimum Gasteiger partial charge on any atom is -0.497 e. The maximum atomic E-state index is 13.6. The molecule has 0 fully saturated rings. The van der Waals surface area contributed by atoms with Crippen molar-refractivity contribution in [3.63, 3.8) is 0 Å². The molecule has 0 saturated heterocycles. The van der Waals surface area contributed by atoms with Crippen molar-refractivity contribution in [3.05, 3.63) is 124 Å². The molecule has 7 rings (SSSR count). The van der Waals surface area contributed by atoms with Gasteiger partial charge in [0.2, 0.25) is 21.8 Å². The lowest BCUT2D eigenvalue weighted by Gasteiger charge is -2.23. The van der Waals surface area contributed by atoms with Crippen LogP contribution >= 0.6 is 11.6 Å². The zero-order valence-corrected chi connectivity index (χ0v) is 49.1. The number of fused-ring (bicyclic) bond motifs is 3. The van der Waals surface area contributed by atoms with Crippen LogP contribution in [0.3, 0.4) is 0 Å². The van der Waals surface area contributed by atoms with Crippen molar-refractivity contribution in [1.29, 1.82) is 0 Å². The smallest absolute Gasteiger partial charge is 0.295 e. The van der Waals surface area contributed by atoms with Crippen molar-refractivity contribution in [1.82, 2.24) is 19.9 Å². The SMILES string of the molecule is CCN=c1ccc2c(-c3ccc(S(=O)(=O)NCCOCCOCCOCCOCCC(=O)NCCCCNC(=O)Cc4c(C)n(C(=O)c5ccc(Cl)cc5)c5ccc(OC)cc45)cc3S(=O)(=O)O)c3ccc(N(CC)CC)cc3oc-2c1. The predicted octanol–water partition coefficient (Wildman–Crippen LogP) is 7.82. The van der Waals surface area contributed by atoms with Crippen LogP contribution in [0, 0.1) is 6.92 Å². The Bertz CT molecular complexity index is 3600. The number of carbonyl (C=O) groups excluding carboxylic acids is 3. The first kappa shape index (κ1) is 62.9. The topological polar surface area (TPSA) is 256 Å². The molecule has 23 heteroatoms. The first-order chi connectivity index (χ1) is 39.5. The standard InChI is InChI=1S/C59H71ClN6O14S2/c1-6-61-43-15-19-47-53(35-43)80-54-36-44(65(7-2)8-3)16-20-48(54)58(47)49-21-18-46(38-55(49)82(72,73)74)81(70,71)64-26-28-77-30-32-79-34-33-78-31-29-76-27-23-56(67)62-24-9-10-25-63-57(68)39-50-40(4)66(52-22-17-45(75-5)37-51(50)52)59(69)41-11-13-42(60)14-12-41/h11-22,35-38,64H,6-10,23-34,39H2,1-5H3,(H,62,67)(H,63,68)(H,72,73,74). The van der Waals surface area contributed by atoms with Crippen molar-refractivity contribution < 1.29 is 63.9 Å². The number of carbonyl (C=O) groups is 3. The zero-order chi connectivity index (χ0) is 58.8. The number of hydrogen-bond donors (Lipinski definition) is 4. The predicted molar refractivity (Wildman–Crippen MR) is 314 cm³/mol. The third-order valence-electron chi connectivity index (χ3n) is 13.5. The Morgan fingerprint density at radius 2 is 1.35 bits per heavy atom. The second kappa shape index (κ2) is 30.0. The second-order valence-corrected chi connectivity index (χ2v) is 22.5. The van der Waals surface area contributed by atoms with Crippen molar-refractivity contribution in [3.8, 4) is 28.2 Å². The third-order valence-corrected chi connectivity index (χ3v) is 16.1. The van der Waals surface area contributed by atoms with Gasteiger partial charge in [0.1, 0.15) is 22.0 Å². The number of anilines is 1. The summed E-state index contributed by atoms with van der Waals surface area (Å²) < 4.78 is 101. The third kappa shape index (κ3) is 16.5. The van der Waals surface area contributed by atoms with E-state index in [9.17, 15) is 35.8 Å². The van der Waals surface area contributed by atoms with Gasteiger partial charge >= 0.3 is 0 Å². The molecule has 0 spiro atoms. The van der Waals surface area contributed by atoms with Crippen molar-refractivity contribution >= 4 is 77.0 Å². The van der Waals surface area contributed by atoms with Crippen LogP contribution in [0.2, 0.25) is 5.02 Å². The molecule has 2 amide bonds. The molecule has 5 aromatic rings. The van der Waals surface area contributed by atoms with Gasteiger partial charge in [0.15, 0.2) is 0 Å². The van der Waals surface area contributed by atoms with E-state index in [4.69, 9.17) is 39.7 Å². The molecule has 20 nitrogen and oxygen atoms in total. The normalized spacial score (nSPS) is 12.2. The number of benzene rings is 5. The molecule has 0 atom stereocenters. The summed E-state index contributed by atoms with van der Waals surface area (Å²) in [6.07, 6.45) is 1.55. The van der Waals surface area contributed by atoms with E-state index in [0.29, 0.717) is 106 Å². The lowest BCUT2D eigenvalue weighted by molar-refractivity contribution is -0.122. The Labute approximate surface area is 483 Å². The van der Waals surface area contributed by atoms with Crippen LogP contribution < -0.4 is 30.3 Å². The lowest BCUT2D eigenvalue weighted by atomic mass is 9.93. The number of unbranched alkanes of at least 4 members (excludes halogenated alkanes) is 1. The summed E-state index contributed by atoms with van der Waals surface area (Å²) in [5, 5.41) is 8.32. The molecule has 0 bridgehead atoms. The molecule has 1 aliphatic heterocycles. The number of hydrogen-bond acceptors (Lipinski definition) is 15. The molecule has 82 heavy (non-hydrogen) atoms. The van der Waals surface area contributed by atoms with Crippen LogP contribution in [0.1, 0.15) is 61.6 Å². The van der Waals surface area contributed by atoms with E-state index in [0.717, 1.165) is 35.8 Å². The summed E-state index contributed by atoms with van der Waals surface area (Å²) in [5.74, 6) is 0.463. The molecule has 0 saturated carbocycles. The maximum Gasteiger partial charge on any atom is 0.295 e. The summed E-state index contributed by atoms with van der Waals surface area (Å²) in [5.41, 5.74) is 4.96. The number of ether oxygens (including phenoxy) is 5. The quantitative estimate of drug-likeness (QED) is 0.0178. The monoisotopic (exact) mass is 1190 g/mol. The van der Waals surface area contributed by atoms with Gasteiger partial charge < -0.3 is 43.6 Å². The van der Waals surface area contributed by atoms with E-state index < -0.39 is 25.0 Å². The summed E-state index contributed by atoms with van der Waals surface area (Å²) >= 11 is 6.05. The number of nitrogens with one attached hydrogen (secondary N) is 3. The Morgan fingerprint density at radius 3 is 2.00 bits per heavy atom. The molecule has 0 radical (unpaired) electrons. The van der Waals surface area contributed by atoms with E-state index in [1.165, 1.54) is 12.1 Å². The van der Waals surface area contributed by atoms with Gasteiger partial charge in [0.05, 0.1) is 82.2 Å². The molecule has 440 valence electrons. The molecule has 2 aliphatic rings. The number of halogens is 1. The van der Waals surface area contributed by atoms with Crippen LogP contribution in [0.15, 0.2) is 116 Å². The largest absolute Gasteiger partial charge is 0.497 e. The number of sulfonamides is 1. The van der Waals surface area contributed by atoms with Crippen molar-refractivity contribution in [2.24, 2.45) is 4.99 Å². The van der Waals surface area contributed by atoms with Crippen LogP contribution in [0.25, 0.3) is 44.3 Å². The van der Waals surface area contributed by atoms with Crippen LogP contribution in [-0.4, -0.2) is 143 Å². The molecule has 4 N–H and O–H groups in total. The fraction of sp³-hybridized carbons (Fsp3) is 0.390. The van der Waals surface area contributed by atoms with Gasteiger partial charge in [-0.25, -0.2) is 13.1 Å². The Morgan fingerprint density at radius 1 is 0.707 bits per heavy atom. The average Bonchev–Trinajstić information content (AvgIpc) is 1.97. The van der Waals surface area contributed by atoms with Gasteiger partial charge in [-0.1, -0.05) is 17.7 Å². The molecule has 4 aromatic carbocycles. The summed E-state index contributed by atoms with van der Waals surface area (Å²) in [6, 6.07) is 26.6. The molecule has 0 unspecified atom stereocenters. The maximum absolute atomic E-state index is 13.6. The summed E-state index contributed by atoms with van der Waals surface area (Å²) in [4.78, 5) is 44.7. The van der Waals surface area contributed by atoms with Gasteiger partial charge in [0.25, 0.3) is 16.0 Å². The highest BCUT2D eigenvalue weighted by atomic mass is 35.5. The molecule has 1 aromatic heterocycles. The fourth-order valence-corrected chi connectivity index (χ4v) is 11.3. The number of rotatable bonds is 32. The zero-order valence-electron chi connectivity index (χ0n) is 46.8. The van der Waals surface area contributed by atoms with E-state index >= 15 is 0 Å². The van der Waals surface area contributed by atoms with Crippen LogP contribution in [0.4, 0.5) is 5.69 Å². The molecule has 1 aliphatic carbocycles. The van der Waals surface area contributed by atoms with Gasteiger partial charge in [-0.05, 0) is 125 Å². The lowest BCUT2D eigenvalue weighted by Crippen LogP contribution is -2.28. The van der Waals surface area contributed by atoms with E-state index in [1.54, 1.807) is 60.2 Å². The van der Waals surface area contributed by atoms with E-state index in [-0.39, 0.29) is 87.2 Å². The number of aromatic nitrogens is 1. The Balaban J connectivity index is 0.746. The molecular weight excluding hydrogens is 1120 g/mol. The van der Waals surface area contributed by atoms with Crippen LogP contribution in [-0.2, 0) is 55.1 Å². The van der Waals surface area contributed by atoms with Crippen molar-refractivity contribution in [2.75, 3.05) is 104 Å². The number of nitrogens with zero attached hydrogens (tertiary/aromatic N) is 3. The molecular formula is C59H71ClN6O14S2. The Kier molecular flexibility index (Phi) is 23.0. The second-order valence-electron chi connectivity index (χ2n) is 18.9.